The highest BCUT2D eigenvalue weighted by molar-refractivity contribution is 5.81. The molecule has 0 amide bonds. The molecular formula is C22H24N4O4. The highest BCUT2D eigenvalue weighted by atomic mass is 16.5. The standard InChI is InChI=1S/C22H24N4O4/c1-12-7-20-23-17(11-26(20)10-13(12)2)14(5-6-27)21-24-16-9-19(30-4)18(29-3)8-15(16)22(28)25-21/h7-11,14,27H,5-6H2,1-4H3,(H,24,25,28). The van der Waals surface area contributed by atoms with Crippen LogP contribution >= 0.6 is 0 Å². The van der Waals surface area contributed by atoms with Crippen LogP contribution in [0, 0.1) is 13.8 Å². The van der Waals surface area contributed by atoms with Gasteiger partial charge in [0.1, 0.15) is 11.5 Å². The van der Waals surface area contributed by atoms with Gasteiger partial charge >= 0.3 is 0 Å². The van der Waals surface area contributed by atoms with Crippen molar-refractivity contribution < 1.29 is 14.6 Å². The molecule has 30 heavy (non-hydrogen) atoms. The van der Waals surface area contributed by atoms with Crippen molar-refractivity contribution >= 4 is 16.6 Å². The molecule has 0 aliphatic carbocycles. The third-order valence-electron chi connectivity index (χ3n) is 5.41. The predicted molar refractivity (Wildman–Crippen MR) is 114 cm³/mol. The molecule has 0 bridgehead atoms. The van der Waals surface area contributed by atoms with E-state index in [0.717, 1.165) is 22.5 Å². The minimum Gasteiger partial charge on any atom is -0.493 e. The number of nitrogens with zero attached hydrogens (tertiary/aromatic N) is 3. The van der Waals surface area contributed by atoms with Gasteiger partial charge in [0.25, 0.3) is 5.56 Å². The number of aliphatic hydroxyl groups excluding tert-OH is 1. The van der Waals surface area contributed by atoms with Crippen molar-refractivity contribution in [2.45, 2.75) is 26.2 Å². The van der Waals surface area contributed by atoms with E-state index in [1.54, 1.807) is 12.1 Å². The number of aromatic nitrogens is 4. The van der Waals surface area contributed by atoms with E-state index in [-0.39, 0.29) is 18.1 Å². The third kappa shape index (κ3) is 3.39. The first-order valence-electron chi connectivity index (χ1n) is 9.67. The molecule has 0 saturated heterocycles. The molecule has 156 valence electrons. The molecule has 0 aliphatic heterocycles. The maximum Gasteiger partial charge on any atom is 0.258 e. The summed E-state index contributed by atoms with van der Waals surface area (Å²) in [6, 6.07) is 5.31. The summed E-state index contributed by atoms with van der Waals surface area (Å²) in [5, 5.41) is 10.1. The highest BCUT2D eigenvalue weighted by Gasteiger charge is 2.22. The van der Waals surface area contributed by atoms with Gasteiger partial charge in [0.05, 0.1) is 36.7 Å². The van der Waals surface area contributed by atoms with E-state index >= 15 is 0 Å². The predicted octanol–water partition coefficient (Wildman–Crippen LogP) is 2.72. The van der Waals surface area contributed by atoms with Crippen LogP contribution in [0.1, 0.15) is 35.0 Å². The Balaban J connectivity index is 1.87. The van der Waals surface area contributed by atoms with E-state index in [2.05, 4.69) is 9.97 Å². The first-order valence-corrected chi connectivity index (χ1v) is 9.67. The van der Waals surface area contributed by atoms with E-state index in [0.29, 0.717) is 34.6 Å². The Bertz CT molecular complexity index is 1250. The number of aryl methyl sites for hydroxylation is 2. The lowest BCUT2D eigenvalue weighted by molar-refractivity contribution is 0.279. The monoisotopic (exact) mass is 408 g/mol. The number of fused-ring (bicyclic) bond motifs is 2. The van der Waals surface area contributed by atoms with Crippen LogP contribution in [0.4, 0.5) is 0 Å². The van der Waals surface area contributed by atoms with Crippen molar-refractivity contribution in [1.29, 1.82) is 0 Å². The average molecular weight is 408 g/mol. The number of aliphatic hydroxyl groups is 1. The number of methoxy groups -OCH3 is 2. The Hall–Kier alpha value is -3.39. The molecular weight excluding hydrogens is 384 g/mol. The number of nitrogens with one attached hydrogen (secondary N) is 1. The number of ether oxygens (including phenoxy) is 2. The van der Waals surface area contributed by atoms with E-state index in [4.69, 9.17) is 14.5 Å². The summed E-state index contributed by atoms with van der Waals surface area (Å²) < 4.78 is 12.6. The lowest BCUT2D eigenvalue weighted by Crippen LogP contribution is -2.17. The lowest BCUT2D eigenvalue weighted by Gasteiger charge is -2.14. The number of aromatic amines is 1. The maximum absolute atomic E-state index is 12.8. The number of hydrogen-bond acceptors (Lipinski definition) is 6. The van der Waals surface area contributed by atoms with Gasteiger partial charge in [-0.1, -0.05) is 0 Å². The average Bonchev–Trinajstić information content (AvgIpc) is 3.13. The van der Waals surface area contributed by atoms with Crippen molar-refractivity contribution in [1.82, 2.24) is 19.4 Å². The summed E-state index contributed by atoms with van der Waals surface area (Å²) in [5.41, 5.74) is 4.06. The number of imidazole rings is 1. The molecule has 1 aromatic carbocycles. The van der Waals surface area contributed by atoms with Gasteiger partial charge in [0.2, 0.25) is 0 Å². The Kier molecular flexibility index (Phi) is 5.17. The quantitative estimate of drug-likeness (QED) is 0.509. The van der Waals surface area contributed by atoms with Gasteiger partial charge in [-0.15, -0.1) is 0 Å². The molecule has 2 N–H and O–H groups in total. The summed E-state index contributed by atoms with van der Waals surface area (Å²) in [6.07, 6.45) is 4.31. The van der Waals surface area contributed by atoms with Crippen molar-refractivity contribution in [3.8, 4) is 11.5 Å². The van der Waals surface area contributed by atoms with E-state index in [9.17, 15) is 9.90 Å². The molecule has 4 rings (SSSR count). The number of benzene rings is 1. The topological polar surface area (TPSA) is 102 Å². The molecule has 8 heteroatoms. The molecule has 8 nitrogen and oxygen atoms in total. The Labute approximate surface area is 173 Å². The van der Waals surface area contributed by atoms with Gasteiger partial charge in [-0.05, 0) is 43.5 Å². The van der Waals surface area contributed by atoms with Crippen LogP contribution in [0.5, 0.6) is 11.5 Å². The molecule has 0 saturated carbocycles. The lowest BCUT2D eigenvalue weighted by atomic mass is 10.0. The number of H-pyrrole nitrogens is 1. The number of pyridine rings is 1. The second-order valence-corrected chi connectivity index (χ2v) is 7.31. The first-order chi connectivity index (χ1) is 14.4. The number of hydrogen-bond donors (Lipinski definition) is 2. The van der Waals surface area contributed by atoms with Crippen LogP contribution < -0.4 is 15.0 Å². The Morgan fingerprint density at radius 3 is 2.50 bits per heavy atom. The molecule has 4 aromatic rings. The van der Waals surface area contributed by atoms with Crippen LogP contribution in [0.3, 0.4) is 0 Å². The molecule has 3 aromatic heterocycles. The number of rotatable bonds is 6. The van der Waals surface area contributed by atoms with Crippen LogP contribution in [0.15, 0.2) is 35.4 Å². The summed E-state index contributed by atoms with van der Waals surface area (Å²) in [6.45, 7) is 4.02. The first kappa shape index (κ1) is 19.9. The van der Waals surface area contributed by atoms with E-state index < -0.39 is 0 Å². The van der Waals surface area contributed by atoms with Crippen LogP contribution in [0.2, 0.25) is 0 Å². The second-order valence-electron chi connectivity index (χ2n) is 7.31. The SMILES string of the molecule is COc1cc2nc(C(CCO)c3cn4cc(C)c(C)cc4n3)[nH]c(=O)c2cc1OC. The zero-order chi connectivity index (χ0) is 21.4. The van der Waals surface area contributed by atoms with E-state index in [1.165, 1.54) is 14.2 Å². The van der Waals surface area contributed by atoms with Gasteiger partial charge in [-0.25, -0.2) is 9.97 Å². The van der Waals surface area contributed by atoms with Gasteiger partial charge < -0.3 is 24.0 Å². The van der Waals surface area contributed by atoms with Crippen LogP contribution in [-0.4, -0.2) is 45.3 Å². The molecule has 0 aliphatic rings. The zero-order valence-corrected chi connectivity index (χ0v) is 17.4. The molecule has 0 spiro atoms. The second kappa shape index (κ2) is 7.79. The molecule has 1 atom stereocenters. The summed E-state index contributed by atoms with van der Waals surface area (Å²) >= 11 is 0. The minimum absolute atomic E-state index is 0.0652. The van der Waals surface area contributed by atoms with Crippen LogP contribution in [-0.2, 0) is 0 Å². The fourth-order valence-corrected chi connectivity index (χ4v) is 3.63. The van der Waals surface area contributed by atoms with E-state index in [1.807, 2.05) is 36.7 Å². The molecule has 1 unspecified atom stereocenters. The highest BCUT2D eigenvalue weighted by Crippen LogP contribution is 2.31. The van der Waals surface area contributed by atoms with Crippen molar-refractivity contribution in [3.05, 3.63) is 63.6 Å². The van der Waals surface area contributed by atoms with Gasteiger partial charge in [-0.2, -0.15) is 0 Å². The van der Waals surface area contributed by atoms with Gasteiger partial charge in [0, 0.05) is 25.1 Å². The summed E-state index contributed by atoms with van der Waals surface area (Å²) in [5.74, 6) is 1.04. The van der Waals surface area contributed by atoms with Gasteiger partial charge in [-0.3, -0.25) is 4.79 Å². The third-order valence-corrected chi connectivity index (χ3v) is 5.41. The minimum atomic E-state index is -0.360. The summed E-state index contributed by atoms with van der Waals surface area (Å²) in [7, 11) is 3.05. The molecule has 0 fully saturated rings. The normalized spacial score (nSPS) is 12.4. The van der Waals surface area contributed by atoms with Crippen molar-refractivity contribution in [3.63, 3.8) is 0 Å². The Morgan fingerprint density at radius 1 is 1.07 bits per heavy atom. The zero-order valence-electron chi connectivity index (χ0n) is 17.4. The Morgan fingerprint density at radius 2 is 1.80 bits per heavy atom. The summed E-state index contributed by atoms with van der Waals surface area (Å²) in [4.78, 5) is 25.1. The van der Waals surface area contributed by atoms with Gasteiger partial charge in [0.15, 0.2) is 11.5 Å². The molecule has 0 radical (unpaired) electrons. The largest absolute Gasteiger partial charge is 0.493 e. The van der Waals surface area contributed by atoms with Crippen LogP contribution in [0.25, 0.3) is 16.6 Å². The molecule has 3 heterocycles. The fourth-order valence-electron chi connectivity index (χ4n) is 3.63. The fraction of sp³-hybridized carbons (Fsp3) is 0.318. The maximum atomic E-state index is 12.8. The smallest absolute Gasteiger partial charge is 0.258 e. The van der Waals surface area contributed by atoms with Crippen molar-refractivity contribution in [2.75, 3.05) is 20.8 Å². The van der Waals surface area contributed by atoms with Crippen molar-refractivity contribution in [2.24, 2.45) is 0 Å².